The first-order chi connectivity index (χ1) is 12.4. The lowest BCUT2D eigenvalue weighted by Crippen LogP contribution is -2.46. The second-order valence-corrected chi connectivity index (χ2v) is 9.61. The molecule has 144 valence electrons. The number of hydrogen-bond donors (Lipinski definition) is 0. The maximum Gasteiger partial charge on any atom is 0.289 e. The van der Waals surface area contributed by atoms with E-state index >= 15 is 0 Å². The molecule has 0 radical (unpaired) electrons. The van der Waals surface area contributed by atoms with Crippen molar-refractivity contribution in [3.63, 3.8) is 0 Å². The summed E-state index contributed by atoms with van der Waals surface area (Å²) in [5, 5.41) is 0. The van der Waals surface area contributed by atoms with Gasteiger partial charge in [0.15, 0.2) is 0 Å². The minimum Gasteiger partial charge on any atom is -0.233 e. The number of aliphatic imine (C=N–C) groups is 1. The van der Waals surface area contributed by atoms with Crippen molar-refractivity contribution in [1.82, 2.24) is 4.57 Å². The predicted octanol–water partition coefficient (Wildman–Crippen LogP) is 4.85. The molecule has 0 aliphatic carbocycles. The highest BCUT2D eigenvalue weighted by Gasteiger charge is 2.43. The van der Waals surface area contributed by atoms with Crippen molar-refractivity contribution in [3.05, 3.63) is 36.2 Å². The van der Waals surface area contributed by atoms with E-state index in [1.807, 2.05) is 0 Å². The fourth-order valence-corrected chi connectivity index (χ4v) is 3.62. The molecule has 1 aromatic carbocycles. The van der Waals surface area contributed by atoms with Gasteiger partial charge >= 0.3 is 0 Å². The second-order valence-electron chi connectivity index (χ2n) is 9.61. The summed E-state index contributed by atoms with van der Waals surface area (Å²) in [6, 6.07) is 6.78. The minimum absolute atomic E-state index is 0.00804. The van der Waals surface area contributed by atoms with Crippen molar-refractivity contribution in [2.45, 2.75) is 61.9 Å². The van der Waals surface area contributed by atoms with Gasteiger partial charge in [-0.1, -0.05) is 52.6 Å². The number of aryl methyl sites for hydroxylation is 3. The Labute approximate surface area is 163 Å². The number of imidazole rings is 1. The van der Waals surface area contributed by atoms with E-state index in [1.165, 1.54) is 22.6 Å². The maximum atomic E-state index is 4.94. The molecule has 4 nitrogen and oxygen atoms in total. The molecule has 0 spiro atoms. The number of aromatic nitrogens is 2. The number of hydrogen-bond acceptors (Lipinski definition) is 1. The fourth-order valence-electron chi connectivity index (χ4n) is 3.62. The lowest BCUT2D eigenvalue weighted by Gasteiger charge is -2.31. The highest BCUT2D eigenvalue weighted by Crippen LogP contribution is 2.35. The Morgan fingerprint density at radius 3 is 2.26 bits per heavy atom. The molecule has 0 bridgehead atoms. The largest absolute Gasteiger partial charge is 0.289 e. The fraction of sp³-hybridized carbons (Fsp3) is 0.522. The molecule has 1 aromatic heterocycles. The van der Waals surface area contributed by atoms with Gasteiger partial charge in [0.1, 0.15) is 18.1 Å². The highest BCUT2D eigenvalue weighted by molar-refractivity contribution is 6.06. The average molecular weight is 367 g/mol. The van der Waals surface area contributed by atoms with Crippen LogP contribution in [0.3, 0.4) is 0 Å². The van der Waals surface area contributed by atoms with E-state index in [4.69, 9.17) is 4.99 Å². The number of rotatable bonds is 3. The quantitative estimate of drug-likeness (QED) is 0.693. The van der Waals surface area contributed by atoms with Crippen molar-refractivity contribution in [1.29, 1.82) is 0 Å². The third kappa shape index (κ3) is 3.38. The van der Waals surface area contributed by atoms with Crippen LogP contribution in [0, 0.1) is 17.8 Å². The zero-order chi connectivity index (χ0) is 20.1. The SMILES string of the molecule is CCn1cc[n+](C)c1-c1cc([N+]2=C(C(C)(C)C)N=C2C(C)(C)C)ccc1C. The van der Waals surface area contributed by atoms with Gasteiger partial charge in [-0.05, 0) is 31.5 Å². The normalized spacial score (nSPS) is 15.1. The summed E-state index contributed by atoms with van der Waals surface area (Å²) in [7, 11) is 2.12. The highest BCUT2D eigenvalue weighted by atomic mass is 15.3. The molecule has 4 heteroatoms. The molecule has 0 amide bonds. The third-order valence-electron chi connectivity index (χ3n) is 5.11. The van der Waals surface area contributed by atoms with Crippen molar-refractivity contribution in [2.24, 2.45) is 22.9 Å². The van der Waals surface area contributed by atoms with E-state index in [9.17, 15) is 0 Å². The van der Waals surface area contributed by atoms with Crippen LogP contribution >= 0.6 is 0 Å². The molecule has 0 saturated heterocycles. The zero-order valence-electron chi connectivity index (χ0n) is 18.4. The van der Waals surface area contributed by atoms with Gasteiger partial charge < -0.3 is 0 Å². The molecule has 3 rings (SSSR count). The molecule has 1 aliphatic heterocycles. The number of amidine groups is 2. The first-order valence-electron chi connectivity index (χ1n) is 9.87. The monoisotopic (exact) mass is 366 g/mol. The predicted molar refractivity (Wildman–Crippen MR) is 113 cm³/mol. The summed E-state index contributed by atoms with van der Waals surface area (Å²) >= 11 is 0. The summed E-state index contributed by atoms with van der Waals surface area (Å²) in [5.41, 5.74) is 3.77. The van der Waals surface area contributed by atoms with Crippen LogP contribution in [0.25, 0.3) is 11.4 Å². The molecule has 0 fully saturated rings. The minimum atomic E-state index is 0.00804. The van der Waals surface area contributed by atoms with Gasteiger partial charge in [0.2, 0.25) is 0 Å². The van der Waals surface area contributed by atoms with E-state index in [0.717, 1.165) is 18.2 Å². The van der Waals surface area contributed by atoms with Crippen molar-refractivity contribution in [3.8, 4) is 11.4 Å². The molecule has 0 saturated carbocycles. The summed E-state index contributed by atoms with van der Waals surface area (Å²) in [6.45, 7) is 18.7. The molecule has 2 heterocycles. The Morgan fingerprint density at radius 1 is 1.04 bits per heavy atom. The van der Waals surface area contributed by atoms with Gasteiger partial charge in [0, 0.05) is 0 Å². The lowest BCUT2D eigenvalue weighted by molar-refractivity contribution is -0.659. The molecular weight excluding hydrogens is 332 g/mol. The van der Waals surface area contributed by atoms with Gasteiger partial charge in [0.25, 0.3) is 17.5 Å². The van der Waals surface area contributed by atoms with Crippen LogP contribution in [0.2, 0.25) is 0 Å². The van der Waals surface area contributed by atoms with E-state index in [2.05, 4.69) is 107 Å². The van der Waals surface area contributed by atoms with E-state index in [0.29, 0.717) is 0 Å². The molecule has 1 aliphatic rings. The summed E-state index contributed by atoms with van der Waals surface area (Å²) in [5.74, 6) is 3.51. The summed E-state index contributed by atoms with van der Waals surface area (Å²) in [6.07, 6.45) is 4.28. The Bertz CT molecular complexity index is 944. The van der Waals surface area contributed by atoms with Crippen LogP contribution in [0.15, 0.2) is 35.6 Å². The first kappa shape index (κ1) is 19.5. The standard InChI is InChI=1S/C23H34N4/c1-10-26-14-13-25(9)19(26)18-15-17(12-11-16(18)2)27-20(22(3,4)5)24-21(27)23(6,7)8/h11-15H,10H2,1-9H3/q+2. The number of benzene rings is 1. The average Bonchev–Trinajstić information content (AvgIpc) is 2.86. The lowest BCUT2D eigenvalue weighted by atomic mass is 9.87. The molecular formula is C23H34N4+2. The topological polar surface area (TPSA) is 24.2 Å². The smallest absolute Gasteiger partial charge is 0.233 e. The first-order valence-corrected chi connectivity index (χ1v) is 9.87. The van der Waals surface area contributed by atoms with Crippen LogP contribution < -0.4 is 4.57 Å². The van der Waals surface area contributed by atoms with Gasteiger partial charge in [-0.3, -0.25) is 0 Å². The van der Waals surface area contributed by atoms with Crippen LogP contribution in [0.1, 0.15) is 54.0 Å². The Morgan fingerprint density at radius 2 is 1.70 bits per heavy atom. The van der Waals surface area contributed by atoms with E-state index in [-0.39, 0.29) is 10.8 Å². The molecule has 2 aromatic rings. The summed E-state index contributed by atoms with van der Waals surface area (Å²) in [4.78, 5) is 4.94. The Kier molecular flexibility index (Phi) is 4.65. The molecule has 0 unspecified atom stereocenters. The maximum absolute atomic E-state index is 4.94. The van der Waals surface area contributed by atoms with Gasteiger partial charge in [0.05, 0.1) is 30.0 Å². The van der Waals surface area contributed by atoms with Gasteiger partial charge in [-0.2, -0.15) is 4.58 Å². The number of nitrogens with zero attached hydrogens (tertiary/aromatic N) is 4. The van der Waals surface area contributed by atoms with Crippen LogP contribution in [-0.2, 0) is 13.6 Å². The van der Waals surface area contributed by atoms with E-state index < -0.39 is 0 Å². The van der Waals surface area contributed by atoms with Crippen molar-refractivity contribution in [2.75, 3.05) is 0 Å². The van der Waals surface area contributed by atoms with Crippen LogP contribution in [-0.4, -0.2) is 20.8 Å². The van der Waals surface area contributed by atoms with Crippen molar-refractivity contribution >= 4 is 17.4 Å². The third-order valence-corrected chi connectivity index (χ3v) is 5.11. The van der Waals surface area contributed by atoms with Gasteiger partial charge in [-0.15, -0.1) is 0 Å². The zero-order valence-corrected chi connectivity index (χ0v) is 18.4. The Balaban J connectivity index is 2.19. The second kappa shape index (κ2) is 6.43. The van der Waals surface area contributed by atoms with Crippen molar-refractivity contribution < 1.29 is 9.14 Å². The molecule has 0 N–H and O–H groups in total. The van der Waals surface area contributed by atoms with Crippen LogP contribution in [0.5, 0.6) is 0 Å². The molecule has 0 atom stereocenters. The molecule has 27 heavy (non-hydrogen) atoms. The summed E-state index contributed by atoms with van der Waals surface area (Å²) < 4.78 is 6.87. The Hall–Kier alpha value is -2.23. The van der Waals surface area contributed by atoms with Gasteiger partial charge in [-0.25, -0.2) is 9.13 Å². The van der Waals surface area contributed by atoms with Crippen LogP contribution in [0.4, 0.5) is 5.69 Å². The van der Waals surface area contributed by atoms with E-state index in [1.54, 1.807) is 0 Å².